The molecule has 0 saturated heterocycles. The highest BCUT2D eigenvalue weighted by molar-refractivity contribution is 7.92. The van der Waals surface area contributed by atoms with Crippen LogP contribution in [-0.4, -0.2) is 56.6 Å². The fourth-order valence-electron chi connectivity index (χ4n) is 4.80. The second-order valence-corrected chi connectivity index (χ2v) is 13.4. The van der Waals surface area contributed by atoms with Crippen LogP contribution in [0, 0.1) is 6.92 Å². The number of aryl methyl sites for hydroxylation is 1. The smallest absolute Gasteiger partial charge is 0.243 e. The molecule has 42 heavy (non-hydrogen) atoms. The number of methoxy groups -OCH3 is 1. The van der Waals surface area contributed by atoms with E-state index in [2.05, 4.69) is 5.32 Å². The summed E-state index contributed by atoms with van der Waals surface area (Å²) >= 11 is 0. The van der Waals surface area contributed by atoms with E-state index in [4.69, 9.17) is 4.74 Å². The molecule has 0 radical (unpaired) electrons. The minimum absolute atomic E-state index is 0.0567. The molecule has 3 aromatic rings. The van der Waals surface area contributed by atoms with Gasteiger partial charge in [0.15, 0.2) is 0 Å². The number of para-hydroxylation sites is 2. The Morgan fingerprint density at radius 2 is 1.55 bits per heavy atom. The number of hydrogen-bond acceptors (Lipinski definition) is 5. The number of nitrogens with zero attached hydrogens (tertiary/aromatic N) is 2. The normalized spacial score (nSPS) is 12.3. The Bertz CT molecular complexity index is 1450. The van der Waals surface area contributed by atoms with Gasteiger partial charge in [0, 0.05) is 31.5 Å². The van der Waals surface area contributed by atoms with Gasteiger partial charge in [-0.25, -0.2) is 8.42 Å². The highest BCUT2D eigenvalue weighted by Gasteiger charge is 2.32. The van der Waals surface area contributed by atoms with Crippen LogP contribution in [0.5, 0.6) is 5.75 Å². The monoisotopic (exact) mass is 593 g/mol. The van der Waals surface area contributed by atoms with Gasteiger partial charge in [0.2, 0.25) is 21.8 Å². The lowest BCUT2D eigenvalue weighted by atomic mass is 9.99. The van der Waals surface area contributed by atoms with Gasteiger partial charge in [0.1, 0.15) is 11.8 Å². The Balaban J connectivity index is 1.93. The summed E-state index contributed by atoms with van der Waals surface area (Å²) in [7, 11) is -2.16. The van der Waals surface area contributed by atoms with E-state index in [1.165, 1.54) is 11.4 Å². The average Bonchev–Trinajstić information content (AvgIpc) is 2.92. The maximum atomic E-state index is 14.0. The zero-order valence-electron chi connectivity index (χ0n) is 25.5. The van der Waals surface area contributed by atoms with Gasteiger partial charge >= 0.3 is 0 Å². The van der Waals surface area contributed by atoms with Crippen molar-refractivity contribution < 1.29 is 22.7 Å². The van der Waals surface area contributed by atoms with Crippen molar-refractivity contribution in [1.82, 2.24) is 10.2 Å². The van der Waals surface area contributed by atoms with Crippen LogP contribution in [0.15, 0.2) is 78.9 Å². The lowest BCUT2D eigenvalue weighted by Crippen LogP contribution is -2.54. The molecule has 0 spiro atoms. The molecule has 2 amide bonds. The number of amides is 2. The van der Waals surface area contributed by atoms with Crippen LogP contribution in [0.4, 0.5) is 5.69 Å². The Morgan fingerprint density at radius 3 is 2.17 bits per heavy atom. The van der Waals surface area contributed by atoms with E-state index in [9.17, 15) is 18.0 Å². The number of ether oxygens (including phenoxy) is 1. The third kappa shape index (κ3) is 9.34. The predicted molar refractivity (Wildman–Crippen MR) is 168 cm³/mol. The molecular weight excluding hydrogens is 550 g/mol. The summed E-state index contributed by atoms with van der Waals surface area (Å²) in [6.07, 6.45) is 1.80. The van der Waals surface area contributed by atoms with Gasteiger partial charge < -0.3 is 15.0 Å². The first-order valence-electron chi connectivity index (χ1n) is 14.1. The Labute approximate surface area is 250 Å². The Hall–Kier alpha value is -3.85. The molecule has 3 aromatic carbocycles. The van der Waals surface area contributed by atoms with Crippen LogP contribution in [0.1, 0.15) is 50.3 Å². The number of nitrogens with one attached hydrogen (secondary N) is 1. The molecule has 0 heterocycles. The van der Waals surface area contributed by atoms with Crippen LogP contribution in [0.2, 0.25) is 0 Å². The number of benzene rings is 3. The molecule has 226 valence electrons. The molecule has 0 aliphatic carbocycles. The number of hydrogen-bond donors (Lipinski definition) is 1. The summed E-state index contributed by atoms with van der Waals surface area (Å²) in [4.78, 5) is 29.4. The highest BCUT2D eigenvalue weighted by Crippen LogP contribution is 2.30. The standard InChI is InChI=1S/C33H43N3O5S/c1-25-15-10-11-18-27(25)24-35(29(32(38)34-33(2,3)4)23-26-16-8-7-9-17-26)31(37)21-14-22-36(42(6,39)40)28-19-12-13-20-30(28)41-5/h7-13,15-20,29H,14,21-24H2,1-6H3,(H,34,38)/t29-/m0/s1. The first-order chi connectivity index (χ1) is 19.8. The SMILES string of the molecule is COc1ccccc1N(CCCC(=O)N(Cc1ccccc1C)[C@@H](Cc1ccccc1)C(=O)NC(C)(C)C)S(C)(=O)=O. The van der Waals surface area contributed by atoms with Crippen LogP contribution in [0.25, 0.3) is 0 Å². The first-order valence-corrected chi connectivity index (χ1v) is 16.0. The molecular formula is C33H43N3O5S. The Kier molecular flexibility index (Phi) is 11.2. The highest BCUT2D eigenvalue weighted by atomic mass is 32.2. The van der Waals surface area contributed by atoms with E-state index < -0.39 is 21.6 Å². The molecule has 0 fully saturated rings. The van der Waals surface area contributed by atoms with Crippen LogP contribution in [0.3, 0.4) is 0 Å². The van der Waals surface area contributed by atoms with Crippen molar-refractivity contribution in [3.8, 4) is 5.75 Å². The van der Waals surface area contributed by atoms with Crippen LogP contribution < -0.4 is 14.4 Å². The van der Waals surface area contributed by atoms with E-state index in [0.717, 1.165) is 22.9 Å². The molecule has 9 heteroatoms. The average molecular weight is 594 g/mol. The maximum absolute atomic E-state index is 14.0. The van der Waals surface area contributed by atoms with Gasteiger partial charge in [-0.1, -0.05) is 66.7 Å². The number of rotatable bonds is 13. The van der Waals surface area contributed by atoms with Gasteiger partial charge in [-0.05, 0) is 62.9 Å². The van der Waals surface area contributed by atoms with Gasteiger partial charge in [-0.2, -0.15) is 0 Å². The van der Waals surface area contributed by atoms with Crippen molar-refractivity contribution in [2.24, 2.45) is 0 Å². The van der Waals surface area contributed by atoms with Gasteiger partial charge in [-0.3, -0.25) is 13.9 Å². The maximum Gasteiger partial charge on any atom is 0.243 e. The summed E-state index contributed by atoms with van der Waals surface area (Å²) in [5.74, 6) is -0.0333. The molecule has 0 unspecified atom stereocenters. The lowest BCUT2D eigenvalue weighted by Gasteiger charge is -2.34. The van der Waals surface area contributed by atoms with Crippen LogP contribution >= 0.6 is 0 Å². The second kappa shape index (κ2) is 14.4. The number of carbonyl (C=O) groups is 2. The van der Waals surface area contributed by atoms with E-state index >= 15 is 0 Å². The molecule has 0 bridgehead atoms. The van der Waals surface area contributed by atoms with Crippen molar-refractivity contribution in [2.45, 2.75) is 65.1 Å². The summed E-state index contributed by atoms with van der Waals surface area (Å²) in [6, 6.07) is 23.6. The van der Waals surface area contributed by atoms with E-state index in [0.29, 0.717) is 17.9 Å². The molecule has 3 rings (SSSR count). The largest absolute Gasteiger partial charge is 0.495 e. The van der Waals surface area contributed by atoms with E-state index in [-0.39, 0.29) is 37.7 Å². The zero-order valence-corrected chi connectivity index (χ0v) is 26.3. The van der Waals surface area contributed by atoms with Crippen molar-refractivity contribution in [1.29, 1.82) is 0 Å². The topological polar surface area (TPSA) is 96.0 Å². The van der Waals surface area contributed by atoms with Gasteiger partial charge in [0.05, 0.1) is 19.1 Å². The molecule has 0 aliphatic heterocycles. The molecule has 1 atom stereocenters. The Morgan fingerprint density at radius 1 is 0.929 bits per heavy atom. The zero-order chi connectivity index (χ0) is 30.9. The summed E-state index contributed by atoms with van der Waals surface area (Å²) in [5, 5.41) is 3.07. The van der Waals surface area contributed by atoms with Crippen molar-refractivity contribution in [3.63, 3.8) is 0 Å². The van der Waals surface area contributed by atoms with Gasteiger partial charge in [0.25, 0.3) is 0 Å². The minimum Gasteiger partial charge on any atom is -0.495 e. The van der Waals surface area contributed by atoms with E-state index in [1.54, 1.807) is 29.2 Å². The number of anilines is 1. The van der Waals surface area contributed by atoms with Crippen molar-refractivity contribution in [3.05, 3.63) is 95.6 Å². The summed E-state index contributed by atoms with van der Waals surface area (Å²) < 4.78 is 32.1. The third-order valence-electron chi connectivity index (χ3n) is 6.88. The summed E-state index contributed by atoms with van der Waals surface area (Å²) in [5.41, 5.74) is 2.82. The molecule has 0 aromatic heterocycles. The molecule has 1 N–H and O–H groups in total. The lowest BCUT2D eigenvalue weighted by molar-refractivity contribution is -0.142. The second-order valence-electron chi connectivity index (χ2n) is 11.5. The third-order valence-corrected chi connectivity index (χ3v) is 8.06. The number of sulfonamides is 1. The fourth-order valence-corrected chi connectivity index (χ4v) is 5.76. The molecule has 8 nitrogen and oxygen atoms in total. The quantitative estimate of drug-likeness (QED) is 0.297. The van der Waals surface area contributed by atoms with E-state index in [1.807, 2.05) is 82.3 Å². The van der Waals surface area contributed by atoms with Crippen molar-refractivity contribution >= 4 is 27.5 Å². The minimum atomic E-state index is -3.65. The molecule has 0 saturated carbocycles. The van der Waals surface area contributed by atoms with Gasteiger partial charge in [-0.15, -0.1) is 0 Å². The predicted octanol–water partition coefficient (Wildman–Crippen LogP) is 5.10. The molecule has 0 aliphatic rings. The van der Waals surface area contributed by atoms with Crippen molar-refractivity contribution in [2.75, 3.05) is 24.2 Å². The summed E-state index contributed by atoms with van der Waals surface area (Å²) in [6.45, 7) is 8.06. The number of carbonyl (C=O) groups excluding carboxylic acids is 2. The van der Waals surface area contributed by atoms with Crippen LogP contribution in [-0.2, 0) is 32.6 Å². The first kappa shape index (κ1) is 32.7. The fraction of sp³-hybridized carbons (Fsp3) is 0.394.